The van der Waals surface area contributed by atoms with Crippen LogP contribution in [0.2, 0.25) is 0 Å². The lowest BCUT2D eigenvalue weighted by Gasteiger charge is -2.05. The fourth-order valence-corrected chi connectivity index (χ4v) is 3.47. The second-order valence-electron chi connectivity index (χ2n) is 5.88. The molecule has 0 saturated carbocycles. The number of carbonyl (C=O) groups is 1. The Balaban J connectivity index is 2.09. The van der Waals surface area contributed by atoms with E-state index in [1.165, 1.54) is 24.1 Å². The van der Waals surface area contributed by atoms with E-state index in [9.17, 15) is 9.18 Å². The van der Waals surface area contributed by atoms with Crippen molar-refractivity contribution in [2.24, 2.45) is 0 Å². The van der Waals surface area contributed by atoms with Gasteiger partial charge >= 0.3 is 5.97 Å². The lowest BCUT2D eigenvalue weighted by Crippen LogP contribution is -2.01. The molecule has 0 aromatic heterocycles. The molecule has 0 heterocycles. The zero-order valence-electron chi connectivity index (χ0n) is 14.4. The Labute approximate surface area is 151 Å². The summed E-state index contributed by atoms with van der Waals surface area (Å²) in [5.41, 5.74) is 5.63. The second-order valence-corrected chi connectivity index (χ2v) is 6.76. The van der Waals surface area contributed by atoms with Gasteiger partial charge in [0.1, 0.15) is 5.82 Å². The van der Waals surface area contributed by atoms with Crippen LogP contribution in [0.15, 0.2) is 52.9 Å². The van der Waals surface area contributed by atoms with Crippen LogP contribution < -0.4 is 0 Å². The SMILES string of the molecule is COC(=O)CC1=C(C)C(=Cc2ccc(SC)cc2)c2ccc(F)cc21. The van der Waals surface area contributed by atoms with Gasteiger partial charge in [-0.05, 0) is 76.9 Å². The molecule has 0 bridgehead atoms. The summed E-state index contributed by atoms with van der Waals surface area (Å²) >= 11 is 1.70. The van der Waals surface area contributed by atoms with Gasteiger partial charge in [0.25, 0.3) is 0 Å². The summed E-state index contributed by atoms with van der Waals surface area (Å²) in [6.07, 6.45) is 4.27. The first-order chi connectivity index (χ1) is 12.0. The van der Waals surface area contributed by atoms with E-state index in [2.05, 4.69) is 30.3 Å². The fourth-order valence-electron chi connectivity index (χ4n) is 3.06. The van der Waals surface area contributed by atoms with E-state index in [0.717, 1.165) is 33.4 Å². The molecule has 25 heavy (non-hydrogen) atoms. The summed E-state index contributed by atoms with van der Waals surface area (Å²) in [6.45, 7) is 1.97. The van der Waals surface area contributed by atoms with Gasteiger partial charge in [-0.15, -0.1) is 11.8 Å². The number of carbonyl (C=O) groups excluding carboxylic acids is 1. The number of hydrogen-bond acceptors (Lipinski definition) is 3. The largest absolute Gasteiger partial charge is 0.469 e. The summed E-state index contributed by atoms with van der Waals surface area (Å²) in [6, 6.07) is 13.0. The Morgan fingerprint density at radius 3 is 2.52 bits per heavy atom. The third-order valence-electron chi connectivity index (χ3n) is 4.43. The van der Waals surface area contributed by atoms with E-state index >= 15 is 0 Å². The molecule has 1 aliphatic carbocycles. The van der Waals surface area contributed by atoms with Crippen LogP contribution in [0.5, 0.6) is 0 Å². The van der Waals surface area contributed by atoms with Crippen molar-refractivity contribution in [2.75, 3.05) is 13.4 Å². The van der Waals surface area contributed by atoms with Crippen LogP contribution in [0.1, 0.15) is 30.0 Å². The van der Waals surface area contributed by atoms with Crippen LogP contribution in [0.4, 0.5) is 4.39 Å². The highest BCUT2D eigenvalue weighted by Gasteiger charge is 2.25. The van der Waals surface area contributed by atoms with Gasteiger partial charge in [-0.1, -0.05) is 18.2 Å². The topological polar surface area (TPSA) is 26.3 Å². The van der Waals surface area contributed by atoms with Crippen LogP contribution in [0, 0.1) is 5.82 Å². The van der Waals surface area contributed by atoms with Gasteiger partial charge in [0.2, 0.25) is 0 Å². The number of halogens is 1. The van der Waals surface area contributed by atoms with Crippen LogP contribution in [-0.2, 0) is 9.53 Å². The predicted molar refractivity (Wildman–Crippen MR) is 102 cm³/mol. The van der Waals surface area contributed by atoms with Gasteiger partial charge in [0.15, 0.2) is 0 Å². The molecule has 0 fully saturated rings. The predicted octanol–water partition coefficient (Wildman–Crippen LogP) is 5.44. The van der Waals surface area contributed by atoms with E-state index in [4.69, 9.17) is 4.74 Å². The minimum Gasteiger partial charge on any atom is -0.469 e. The molecule has 1 aliphatic rings. The Morgan fingerprint density at radius 2 is 1.88 bits per heavy atom. The number of hydrogen-bond donors (Lipinski definition) is 0. The first-order valence-corrected chi connectivity index (χ1v) is 9.19. The molecular formula is C21H19FO2S. The molecule has 3 rings (SSSR count). The van der Waals surface area contributed by atoms with Crippen LogP contribution in [0.25, 0.3) is 17.2 Å². The fraction of sp³-hybridized carbons (Fsp3) is 0.190. The molecule has 2 nitrogen and oxygen atoms in total. The monoisotopic (exact) mass is 354 g/mol. The van der Waals surface area contributed by atoms with Gasteiger partial charge in [0, 0.05) is 4.90 Å². The van der Waals surface area contributed by atoms with Crippen molar-refractivity contribution in [2.45, 2.75) is 18.2 Å². The van der Waals surface area contributed by atoms with Gasteiger partial charge in [0.05, 0.1) is 13.5 Å². The third-order valence-corrected chi connectivity index (χ3v) is 5.17. The Kier molecular flexibility index (Phi) is 5.09. The number of methoxy groups -OCH3 is 1. The van der Waals surface area contributed by atoms with Gasteiger partial charge in [-0.25, -0.2) is 4.39 Å². The zero-order chi connectivity index (χ0) is 18.0. The van der Waals surface area contributed by atoms with Crippen molar-refractivity contribution in [3.05, 3.63) is 70.5 Å². The molecule has 0 aliphatic heterocycles. The summed E-state index contributed by atoms with van der Waals surface area (Å²) in [4.78, 5) is 13.0. The molecule has 0 unspecified atom stereocenters. The Bertz CT molecular complexity index is 879. The Hall–Kier alpha value is -2.33. The van der Waals surface area contributed by atoms with Crippen LogP contribution >= 0.6 is 11.8 Å². The zero-order valence-corrected chi connectivity index (χ0v) is 15.2. The smallest absolute Gasteiger partial charge is 0.310 e. The average molecular weight is 354 g/mol. The molecule has 0 saturated heterocycles. The normalized spacial score (nSPS) is 14.8. The van der Waals surface area contributed by atoms with Gasteiger partial charge in [-0.3, -0.25) is 4.79 Å². The molecule has 0 radical (unpaired) electrons. The summed E-state index contributed by atoms with van der Waals surface area (Å²) in [5.74, 6) is -0.630. The van der Waals surface area contributed by atoms with Crippen molar-refractivity contribution in [3.8, 4) is 0 Å². The lowest BCUT2D eigenvalue weighted by atomic mass is 10.0. The molecule has 0 amide bonds. The summed E-state index contributed by atoms with van der Waals surface area (Å²) in [7, 11) is 1.36. The highest BCUT2D eigenvalue weighted by Crippen LogP contribution is 2.43. The number of thioether (sulfide) groups is 1. The molecular weight excluding hydrogens is 335 g/mol. The van der Waals surface area contributed by atoms with E-state index in [1.54, 1.807) is 17.8 Å². The maximum atomic E-state index is 13.8. The number of rotatable bonds is 4. The molecule has 0 atom stereocenters. The molecule has 2 aromatic rings. The maximum absolute atomic E-state index is 13.8. The highest BCUT2D eigenvalue weighted by molar-refractivity contribution is 7.98. The van der Waals surface area contributed by atoms with E-state index in [0.29, 0.717) is 0 Å². The van der Waals surface area contributed by atoms with Gasteiger partial charge < -0.3 is 4.74 Å². The quantitative estimate of drug-likeness (QED) is 0.540. The van der Waals surface area contributed by atoms with Crippen molar-refractivity contribution in [1.29, 1.82) is 0 Å². The minimum absolute atomic E-state index is 0.140. The summed E-state index contributed by atoms with van der Waals surface area (Å²) < 4.78 is 18.6. The molecule has 128 valence electrons. The molecule has 2 aromatic carbocycles. The van der Waals surface area contributed by atoms with Crippen molar-refractivity contribution < 1.29 is 13.9 Å². The van der Waals surface area contributed by atoms with Gasteiger partial charge in [-0.2, -0.15) is 0 Å². The lowest BCUT2D eigenvalue weighted by molar-refractivity contribution is -0.139. The number of benzene rings is 2. The van der Waals surface area contributed by atoms with Crippen molar-refractivity contribution >= 4 is 35.0 Å². The van der Waals surface area contributed by atoms with Crippen LogP contribution in [0.3, 0.4) is 0 Å². The average Bonchev–Trinajstić information content (AvgIpc) is 2.87. The number of esters is 1. The van der Waals surface area contributed by atoms with E-state index in [-0.39, 0.29) is 18.2 Å². The van der Waals surface area contributed by atoms with E-state index in [1.807, 2.05) is 13.2 Å². The first kappa shape index (κ1) is 17.5. The third kappa shape index (κ3) is 3.54. The number of ether oxygens (including phenoxy) is 1. The number of fused-ring (bicyclic) bond motifs is 1. The van der Waals surface area contributed by atoms with Crippen molar-refractivity contribution in [3.63, 3.8) is 0 Å². The molecule has 4 heteroatoms. The van der Waals surface area contributed by atoms with Crippen LogP contribution in [-0.4, -0.2) is 19.3 Å². The highest BCUT2D eigenvalue weighted by atomic mass is 32.2. The first-order valence-electron chi connectivity index (χ1n) is 7.96. The maximum Gasteiger partial charge on any atom is 0.310 e. The number of allylic oxidation sites excluding steroid dienone is 2. The molecule has 0 N–H and O–H groups in total. The molecule has 0 spiro atoms. The van der Waals surface area contributed by atoms with Crippen molar-refractivity contribution in [1.82, 2.24) is 0 Å². The van der Waals surface area contributed by atoms with E-state index < -0.39 is 0 Å². The summed E-state index contributed by atoms with van der Waals surface area (Å²) in [5, 5.41) is 0. The minimum atomic E-state index is -0.324. The Morgan fingerprint density at radius 1 is 1.16 bits per heavy atom. The second kappa shape index (κ2) is 7.28. The standard InChI is InChI=1S/C21H19FO2S/c1-13-18(10-14-4-7-16(25-3)8-5-14)17-9-6-15(22)11-20(17)19(13)12-21(23)24-2/h4-11H,12H2,1-3H3.